The van der Waals surface area contributed by atoms with Crippen LogP contribution in [0.2, 0.25) is 0 Å². The minimum Gasteiger partial charge on any atom is -0.489 e. The van der Waals surface area contributed by atoms with Crippen molar-refractivity contribution >= 4 is 22.6 Å². The molecule has 8 heteroatoms. The van der Waals surface area contributed by atoms with Crippen LogP contribution in [-0.2, 0) is 22.6 Å². The molecule has 30 heavy (non-hydrogen) atoms. The maximum absolute atomic E-state index is 12.4. The molecule has 2 N–H and O–H groups in total. The lowest BCUT2D eigenvalue weighted by Gasteiger charge is -2.16. The van der Waals surface area contributed by atoms with Crippen LogP contribution in [0.4, 0.5) is 13.2 Å². The number of hydrogen-bond acceptors (Lipinski definition) is 3. The summed E-state index contributed by atoms with van der Waals surface area (Å²) in [6.07, 6.45) is -5.47. The fourth-order valence-electron chi connectivity index (χ4n) is 2.93. The highest BCUT2D eigenvalue weighted by Crippen LogP contribution is 2.20. The van der Waals surface area contributed by atoms with E-state index < -0.39 is 24.1 Å². The number of carboxylic acid groups (broad SMARTS) is 1. The summed E-state index contributed by atoms with van der Waals surface area (Å²) in [5, 5.41) is 12.8. The zero-order valence-corrected chi connectivity index (χ0v) is 15.6. The quantitative estimate of drug-likeness (QED) is 0.607. The van der Waals surface area contributed by atoms with Crippen molar-refractivity contribution < 1.29 is 32.6 Å². The van der Waals surface area contributed by atoms with Gasteiger partial charge in [0.2, 0.25) is 0 Å². The third kappa shape index (κ3) is 5.50. The average Bonchev–Trinajstić information content (AvgIpc) is 2.71. The third-order valence-electron chi connectivity index (χ3n) is 4.42. The zero-order valence-electron chi connectivity index (χ0n) is 15.6. The van der Waals surface area contributed by atoms with Crippen molar-refractivity contribution in [3.05, 3.63) is 77.9 Å². The number of amides is 1. The number of nitrogens with one attached hydrogen (secondary N) is 1. The highest BCUT2D eigenvalue weighted by molar-refractivity contribution is 5.87. The number of rotatable bonds is 7. The van der Waals surface area contributed by atoms with Crippen LogP contribution in [0.25, 0.3) is 10.8 Å². The minimum absolute atomic E-state index is 0.265. The summed E-state index contributed by atoms with van der Waals surface area (Å²) < 4.78 is 43.0. The van der Waals surface area contributed by atoms with Gasteiger partial charge in [0, 0.05) is 6.42 Å². The fraction of sp³-hybridized carbons (Fsp3) is 0.182. The van der Waals surface area contributed by atoms with E-state index in [9.17, 15) is 22.8 Å². The molecule has 3 rings (SSSR count). The monoisotopic (exact) mass is 417 g/mol. The van der Waals surface area contributed by atoms with E-state index in [1.807, 2.05) is 42.5 Å². The number of hydrogen-bond donors (Lipinski definition) is 2. The SMILES string of the molecule is O=C(O)[C@H](Cc1cccc(OCc2ccc3ccccc3c2)c1)NC(=O)C(F)(F)F. The van der Waals surface area contributed by atoms with Crippen molar-refractivity contribution in [3.8, 4) is 5.75 Å². The van der Waals surface area contributed by atoms with Gasteiger partial charge in [0.15, 0.2) is 0 Å². The third-order valence-corrected chi connectivity index (χ3v) is 4.42. The standard InChI is InChI=1S/C22H18F3NO4/c23-22(24,25)21(29)26-19(20(27)28)12-14-4-3-7-18(11-14)30-13-15-8-9-16-5-1-2-6-17(16)10-15/h1-11,19H,12-13H2,(H,26,29)(H,27,28)/t19-/m0/s1. The van der Waals surface area contributed by atoms with Crippen LogP contribution in [0.3, 0.4) is 0 Å². The van der Waals surface area contributed by atoms with Crippen LogP contribution < -0.4 is 10.1 Å². The van der Waals surface area contributed by atoms with E-state index in [0.29, 0.717) is 11.3 Å². The summed E-state index contributed by atoms with van der Waals surface area (Å²) in [5.74, 6) is -3.42. The molecule has 5 nitrogen and oxygen atoms in total. The number of carboxylic acids is 1. The zero-order chi connectivity index (χ0) is 21.7. The first-order valence-corrected chi connectivity index (χ1v) is 9.02. The van der Waals surface area contributed by atoms with Gasteiger partial charge in [-0.2, -0.15) is 13.2 Å². The number of carbonyl (C=O) groups excluding carboxylic acids is 1. The van der Waals surface area contributed by atoms with Gasteiger partial charge in [0.05, 0.1) is 0 Å². The van der Waals surface area contributed by atoms with Gasteiger partial charge in [-0.3, -0.25) is 4.79 Å². The lowest BCUT2D eigenvalue weighted by molar-refractivity contribution is -0.175. The summed E-state index contributed by atoms with van der Waals surface area (Å²) in [5.41, 5.74) is 1.35. The molecule has 0 spiro atoms. The van der Waals surface area contributed by atoms with E-state index in [-0.39, 0.29) is 13.0 Å². The van der Waals surface area contributed by atoms with Crippen molar-refractivity contribution in [2.24, 2.45) is 0 Å². The van der Waals surface area contributed by atoms with E-state index >= 15 is 0 Å². The van der Waals surface area contributed by atoms with Crippen molar-refractivity contribution in [1.82, 2.24) is 5.32 Å². The molecule has 0 saturated heterocycles. The van der Waals surface area contributed by atoms with Gasteiger partial charge in [0.25, 0.3) is 0 Å². The van der Waals surface area contributed by atoms with Crippen LogP contribution in [0.15, 0.2) is 66.7 Å². The maximum atomic E-state index is 12.4. The molecular weight excluding hydrogens is 399 g/mol. The van der Waals surface area contributed by atoms with Crippen LogP contribution in [-0.4, -0.2) is 29.2 Å². The second-order valence-electron chi connectivity index (χ2n) is 6.68. The summed E-state index contributed by atoms with van der Waals surface area (Å²) in [6.45, 7) is 0.265. The van der Waals surface area contributed by atoms with E-state index in [4.69, 9.17) is 9.84 Å². The van der Waals surface area contributed by atoms with Crippen LogP contribution in [0, 0.1) is 0 Å². The smallest absolute Gasteiger partial charge is 0.471 e. The molecule has 0 unspecified atom stereocenters. The van der Waals surface area contributed by atoms with Gasteiger partial charge in [-0.25, -0.2) is 4.79 Å². The topological polar surface area (TPSA) is 75.6 Å². The summed E-state index contributed by atoms with van der Waals surface area (Å²) >= 11 is 0. The number of benzene rings is 3. The lowest BCUT2D eigenvalue weighted by atomic mass is 10.1. The number of halogens is 3. The molecule has 3 aromatic rings. The first-order valence-electron chi connectivity index (χ1n) is 9.02. The van der Waals surface area contributed by atoms with Crippen molar-refractivity contribution in [2.75, 3.05) is 0 Å². The summed E-state index contributed by atoms with van der Waals surface area (Å²) in [7, 11) is 0. The van der Waals surface area contributed by atoms with Crippen molar-refractivity contribution in [3.63, 3.8) is 0 Å². The molecule has 0 heterocycles. The molecular formula is C22H18F3NO4. The Kier molecular flexibility index (Phi) is 6.25. The molecule has 156 valence electrons. The van der Waals surface area contributed by atoms with Gasteiger partial charge in [0.1, 0.15) is 18.4 Å². The minimum atomic E-state index is -5.15. The Hall–Kier alpha value is -3.55. The van der Waals surface area contributed by atoms with E-state index in [2.05, 4.69) is 0 Å². The second kappa shape index (κ2) is 8.86. The number of ether oxygens (including phenoxy) is 1. The molecule has 1 amide bonds. The molecule has 0 aliphatic heterocycles. The van der Waals surface area contributed by atoms with Gasteiger partial charge in [-0.05, 0) is 40.1 Å². The maximum Gasteiger partial charge on any atom is 0.471 e. The molecule has 0 bridgehead atoms. The average molecular weight is 417 g/mol. The predicted octanol–water partition coefficient (Wildman–Crippen LogP) is 4.09. The number of carbonyl (C=O) groups is 2. The second-order valence-corrected chi connectivity index (χ2v) is 6.68. The normalized spacial score (nSPS) is 12.4. The largest absolute Gasteiger partial charge is 0.489 e. The highest BCUT2D eigenvalue weighted by Gasteiger charge is 2.40. The molecule has 0 aliphatic carbocycles. The number of aliphatic carboxylic acids is 1. The first-order chi connectivity index (χ1) is 14.2. The Morgan fingerprint density at radius 3 is 2.37 bits per heavy atom. The molecule has 0 saturated carbocycles. The molecule has 0 aromatic heterocycles. The van der Waals surface area contributed by atoms with Crippen LogP contribution in [0.1, 0.15) is 11.1 Å². The Labute approximate surface area is 170 Å². The Morgan fingerprint density at radius 2 is 1.67 bits per heavy atom. The van der Waals surface area contributed by atoms with Crippen LogP contribution >= 0.6 is 0 Å². The van der Waals surface area contributed by atoms with Gasteiger partial charge in [-0.1, -0.05) is 48.5 Å². The van der Waals surface area contributed by atoms with Crippen molar-refractivity contribution in [2.45, 2.75) is 25.2 Å². The fourth-order valence-corrected chi connectivity index (χ4v) is 2.93. The van der Waals surface area contributed by atoms with E-state index in [0.717, 1.165) is 16.3 Å². The van der Waals surface area contributed by atoms with Gasteiger partial charge in [-0.15, -0.1) is 0 Å². The summed E-state index contributed by atoms with van der Waals surface area (Å²) in [6, 6.07) is 18.4. The predicted molar refractivity (Wildman–Crippen MR) is 104 cm³/mol. The van der Waals surface area contributed by atoms with E-state index in [1.54, 1.807) is 18.2 Å². The molecule has 0 radical (unpaired) electrons. The lowest BCUT2D eigenvalue weighted by Crippen LogP contribution is -2.47. The Morgan fingerprint density at radius 1 is 0.933 bits per heavy atom. The number of fused-ring (bicyclic) bond motifs is 1. The molecule has 0 fully saturated rings. The Balaban J connectivity index is 1.67. The molecule has 3 aromatic carbocycles. The van der Waals surface area contributed by atoms with Gasteiger partial charge >= 0.3 is 18.1 Å². The molecule has 1 atom stereocenters. The summed E-state index contributed by atoms with van der Waals surface area (Å²) in [4.78, 5) is 22.3. The number of alkyl halides is 3. The van der Waals surface area contributed by atoms with Crippen molar-refractivity contribution in [1.29, 1.82) is 0 Å². The van der Waals surface area contributed by atoms with Crippen LogP contribution in [0.5, 0.6) is 5.75 Å². The Bertz CT molecular complexity index is 1070. The molecule has 0 aliphatic rings. The first kappa shape index (κ1) is 21.2. The highest BCUT2D eigenvalue weighted by atomic mass is 19.4. The van der Waals surface area contributed by atoms with Gasteiger partial charge < -0.3 is 15.2 Å². The van der Waals surface area contributed by atoms with E-state index in [1.165, 1.54) is 11.4 Å².